The van der Waals surface area contributed by atoms with E-state index in [2.05, 4.69) is 0 Å². The summed E-state index contributed by atoms with van der Waals surface area (Å²) in [5, 5.41) is 0. The number of halogens is 1. The molecule has 0 aromatic heterocycles. The summed E-state index contributed by atoms with van der Waals surface area (Å²) in [5.41, 5.74) is 6.87. The van der Waals surface area contributed by atoms with E-state index in [1.807, 2.05) is 0 Å². The summed E-state index contributed by atoms with van der Waals surface area (Å²) in [6.07, 6.45) is 8.20. The molecule has 4 aliphatic rings. The van der Waals surface area contributed by atoms with Crippen LogP contribution in [-0.4, -0.2) is 12.6 Å². The van der Waals surface area contributed by atoms with Crippen molar-refractivity contribution in [3.63, 3.8) is 0 Å². The highest BCUT2D eigenvalue weighted by atomic mass is 19.1. The molecule has 0 saturated heterocycles. The van der Waals surface area contributed by atoms with E-state index in [4.69, 9.17) is 10.5 Å². The summed E-state index contributed by atoms with van der Waals surface area (Å²) in [4.78, 5) is 0. The molecule has 0 spiro atoms. The lowest BCUT2D eigenvalue weighted by molar-refractivity contribution is -0.0730. The zero-order valence-electron chi connectivity index (χ0n) is 12.4. The van der Waals surface area contributed by atoms with Crippen molar-refractivity contribution in [2.75, 3.05) is 6.61 Å². The van der Waals surface area contributed by atoms with E-state index in [0.29, 0.717) is 12.0 Å². The SMILES string of the molecule is NC(COc1ccc(F)cc1)C12CC3CC(CC(C3)C1)C2. The Morgan fingerprint density at radius 2 is 1.57 bits per heavy atom. The summed E-state index contributed by atoms with van der Waals surface area (Å²) in [6.45, 7) is 0.553. The molecule has 2 N–H and O–H groups in total. The predicted octanol–water partition coefficient (Wildman–Crippen LogP) is 3.75. The van der Waals surface area contributed by atoms with Gasteiger partial charge in [-0.15, -0.1) is 0 Å². The molecule has 3 heteroatoms. The van der Waals surface area contributed by atoms with Crippen molar-refractivity contribution in [3.05, 3.63) is 30.1 Å². The van der Waals surface area contributed by atoms with Gasteiger partial charge in [0.15, 0.2) is 0 Å². The second-order valence-electron chi connectivity index (χ2n) is 7.65. The molecular weight excluding hydrogens is 265 g/mol. The van der Waals surface area contributed by atoms with Gasteiger partial charge in [-0.2, -0.15) is 0 Å². The fourth-order valence-electron chi connectivity index (χ4n) is 5.53. The maximum absolute atomic E-state index is 12.9. The van der Waals surface area contributed by atoms with Crippen LogP contribution < -0.4 is 10.5 Å². The molecule has 4 saturated carbocycles. The molecule has 4 bridgehead atoms. The first kappa shape index (κ1) is 13.6. The van der Waals surface area contributed by atoms with Crippen LogP contribution in [0.15, 0.2) is 24.3 Å². The van der Waals surface area contributed by atoms with Crippen LogP contribution in [0.3, 0.4) is 0 Å². The first-order valence-electron chi connectivity index (χ1n) is 8.27. The topological polar surface area (TPSA) is 35.2 Å². The van der Waals surface area contributed by atoms with Gasteiger partial charge in [-0.25, -0.2) is 4.39 Å². The molecule has 21 heavy (non-hydrogen) atoms. The Hall–Kier alpha value is -1.09. The van der Waals surface area contributed by atoms with Crippen LogP contribution in [-0.2, 0) is 0 Å². The van der Waals surface area contributed by atoms with Gasteiger partial charge in [-0.1, -0.05) is 0 Å². The number of nitrogens with two attached hydrogens (primary N) is 1. The van der Waals surface area contributed by atoms with Gasteiger partial charge in [-0.3, -0.25) is 0 Å². The highest BCUT2D eigenvalue weighted by Gasteiger charge is 2.53. The summed E-state index contributed by atoms with van der Waals surface area (Å²) >= 11 is 0. The first-order valence-corrected chi connectivity index (χ1v) is 8.27. The molecular formula is C18H24FNO. The molecule has 1 aromatic rings. The third-order valence-corrected chi connectivity index (χ3v) is 6.12. The Kier molecular flexibility index (Phi) is 3.21. The van der Waals surface area contributed by atoms with Crippen molar-refractivity contribution in [2.45, 2.75) is 44.6 Å². The van der Waals surface area contributed by atoms with Crippen LogP contribution in [0.5, 0.6) is 5.75 Å². The van der Waals surface area contributed by atoms with Crippen molar-refractivity contribution < 1.29 is 9.13 Å². The third kappa shape index (κ3) is 2.46. The number of hydrogen-bond donors (Lipinski definition) is 1. The van der Waals surface area contributed by atoms with Gasteiger partial charge in [-0.05, 0) is 86.0 Å². The minimum Gasteiger partial charge on any atom is -0.492 e. The predicted molar refractivity (Wildman–Crippen MR) is 80.5 cm³/mol. The second kappa shape index (κ2) is 4.98. The van der Waals surface area contributed by atoms with E-state index in [-0.39, 0.29) is 11.9 Å². The van der Waals surface area contributed by atoms with Gasteiger partial charge >= 0.3 is 0 Å². The zero-order chi connectivity index (χ0) is 14.4. The summed E-state index contributed by atoms with van der Waals surface area (Å²) < 4.78 is 18.7. The Bertz CT molecular complexity index is 477. The molecule has 0 aliphatic heterocycles. The Morgan fingerprint density at radius 3 is 2.10 bits per heavy atom. The zero-order valence-corrected chi connectivity index (χ0v) is 12.4. The number of rotatable bonds is 4. The van der Waals surface area contributed by atoms with Crippen molar-refractivity contribution in [2.24, 2.45) is 28.9 Å². The van der Waals surface area contributed by atoms with E-state index in [9.17, 15) is 4.39 Å². The molecule has 4 fully saturated rings. The minimum atomic E-state index is -0.229. The fourth-order valence-corrected chi connectivity index (χ4v) is 5.53. The van der Waals surface area contributed by atoms with Gasteiger partial charge in [0.1, 0.15) is 18.2 Å². The van der Waals surface area contributed by atoms with Crippen molar-refractivity contribution in [1.82, 2.24) is 0 Å². The largest absolute Gasteiger partial charge is 0.492 e. The standard InChI is InChI=1S/C18H24FNO/c19-15-1-3-16(4-2-15)21-11-17(20)18-8-12-5-13(9-18)7-14(6-12)10-18/h1-4,12-14,17H,5-11,20H2. The molecule has 0 radical (unpaired) electrons. The van der Waals surface area contributed by atoms with E-state index >= 15 is 0 Å². The monoisotopic (exact) mass is 289 g/mol. The minimum absolute atomic E-state index is 0.107. The lowest BCUT2D eigenvalue weighted by Gasteiger charge is -2.58. The number of hydrogen-bond acceptors (Lipinski definition) is 2. The van der Waals surface area contributed by atoms with Crippen LogP contribution in [0.2, 0.25) is 0 Å². The van der Waals surface area contributed by atoms with E-state index in [1.165, 1.54) is 50.7 Å². The molecule has 114 valence electrons. The van der Waals surface area contributed by atoms with Gasteiger partial charge in [0.2, 0.25) is 0 Å². The maximum Gasteiger partial charge on any atom is 0.123 e. The van der Waals surface area contributed by atoms with Gasteiger partial charge in [0.05, 0.1) is 0 Å². The first-order chi connectivity index (χ1) is 10.1. The lowest BCUT2D eigenvalue weighted by atomic mass is 9.48. The summed E-state index contributed by atoms with van der Waals surface area (Å²) in [6, 6.07) is 6.34. The van der Waals surface area contributed by atoms with Gasteiger partial charge in [0.25, 0.3) is 0 Å². The molecule has 0 amide bonds. The summed E-state index contributed by atoms with van der Waals surface area (Å²) in [5.74, 6) is 3.22. The average Bonchev–Trinajstić information content (AvgIpc) is 2.45. The highest BCUT2D eigenvalue weighted by Crippen LogP contribution is 2.60. The molecule has 4 aliphatic carbocycles. The third-order valence-electron chi connectivity index (χ3n) is 6.12. The summed E-state index contributed by atoms with van der Waals surface area (Å²) in [7, 11) is 0. The number of ether oxygens (including phenoxy) is 1. The number of benzene rings is 1. The normalized spacial score (nSPS) is 38.5. The Morgan fingerprint density at radius 1 is 1.05 bits per heavy atom. The second-order valence-corrected chi connectivity index (χ2v) is 7.65. The highest BCUT2D eigenvalue weighted by molar-refractivity contribution is 5.22. The van der Waals surface area contributed by atoms with Gasteiger partial charge in [0, 0.05) is 6.04 Å². The van der Waals surface area contributed by atoms with Crippen molar-refractivity contribution in [1.29, 1.82) is 0 Å². The Balaban J connectivity index is 1.42. The van der Waals surface area contributed by atoms with Crippen LogP contribution in [0.25, 0.3) is 0 Å². The van der Waals surface area contributed by atoms with Gasteiger partial charge < -0.3 is 10.5 Å². The maximum atomic E-state index is 12.9. The smallest absolute Gasteiger partial charge is 0.123 e. The van der Waals surface area contributed by atoms with Crippen molar-refractivity contribution >= 4 is 0 Å². The molecule has 1 aromatic carbocycles. The Labute approximate surface area is 125 Å². The molecule has 1 atom stereocenters. The van der Waals surface area contributed by atoms with E-state index in [1.54, 1.807) is 12.1 Å². The van der Waals surface area contributed by atoms with Crippen LogP contribution in [0, 0.1) is 29.0 Å². The van der Waals surface area contributed by atoms with Crippen molar-refractivity contribution in [3.8, 4) is 5.75 Å². The molecule has 2 nitrogen and oxygen atoms in total. The molecule has 5 rings (SSSR count). The fraction of sp³-hybridized carbons (Fsp3) is 0.667. The van der Waals surface area contributed by atoms with Crippen LogP contribution in [0.1, 0.15) is 38.5 Å². The van der Waals surface area contributed by atoms with E-state index in [0.717, 1.165) is 23.5 Å². The molecule has 0 heterocycles. The van der Waals surface area contributed by atoms with E-state index < -0.39 is 0 Å². The molecule has 1 unspecified atom stereocenters. The van der Waals surface area contributed by atoms with Crippen LogP contribution >= 0.6 is 0 Å². The average molecular weight is 289 g/mol. The lowest BCUT2D eigenvalue weighted by Crippen LogP contribution is -2.56. The quantitative estimate of drug-likeness (QED) is 0.916. The van der Waals surface area contributed by atoms with Crippen LogP contribution in [0.4, 0.5) is 4.39 Å².